The number of likely N-dealkylation sites (tertiary alicyclic amines) is 1. The van der Waals surface area contributed by atoms with Gasteiger partial charge in [-0.1, -0.05) is 60.7 Å². The maximum absolute atomic E-state index is 6.60. The minimum absolute atomic E-state index is 0.837. The first kappa shape index (κ1) is 22.1. The Bertz CT molecular complexity index is 1260. The van der Waals surface area contributed by atoms with E-state index in [1.54, 1.807) is 7.11 Å². The normalized spacial score (nSPS) is 14.0. The number of piperidine rings is 1. The molecule has 4 aromatic carbocycles. The predicted octanol–water partition coefficient (Wildman–Crippen LogP) is 7.85. The number of para-hydroxylation sites is 1. The van der Waals surface area contributed by atoms with Crippen molar-refractivity contribution in [1.29, 1.82) is 0 Å². The van der Waals surface area contributed by atoms with Crippen LogP contribution in [0.4, 0.5) is 0 Å². The summed E-state index contributed by atoms with van der Waals surface area (Å²) in [5.74, 6) is 2.58. The van der Waals surface area contributed by atoms with E-state index in [4.69, 9.17) is 9.47 Å². The molecule has 0 aliphatic carbocycles. The van der Waals surface area contributed by atoms with Gasteiger partial charge in [-0.2, -0.15) is 0 Å². The van der Waals surface area contributed by atoms with Crippen molar-refractivity contribution in [3.8, 4) is 28.4 Å². The van der Waals surface area contributed by atoms with Gasteiger partial charge in [0.25, 0.3) is 0 Å². The first-order valence-electron chi connectivity index (χ1n) is 12.1. The average molecular weight is 450 g/mol. The van der Waals surface area contributed by atoms with Crippen molar-refractivity contribution < 1.29 is 9.47 Å². The van der Waals surface area contributed by atoms with Crippen molar-refractivity contribution in [2.75, 3.05) is 20.2 Å². The number of benzene rings is 4. The summed E-state index contributed by atoms with van der Waals surface area (Å²) >= 11 is 0. The van der Waals surface area contributed by atoms with Gasteiger partial charge in [0, 0.05) is 24.0 Å². The van der Waals surface area contributed by atoms with Crippen LogP contribution in [0.25, 0.3) is 21.9 Å². The molecule has 1 aliphatic heterocycles. The summed E-state index contributed by atoms with van der Waals surface area (Å²) in [6.07, 6.45) is 9.34. The highest BCUT2D eigenvalue weighted by Crippen LogP contribution is 2.43. The van der Waals surface area contributed by atoms with Gasteiger partial charge in [-0.15, -0.1) is 0 Å². The van der Waals surface area contributed by atoms with Crippen LogP contribution in [0.1, 0.15) is 24.8 Å². The van der Waals surface area contributed by atoms with E-state index in [2.05, 4.69) is 59.6 Å². The fraction of sp³-hybridized carbons (Fsp3) is 0.226. The zero-order chi connectivity index (χ0) is 23.2. The van der Waals surface area contributed by atoms with Gasteiger partial charge < -0.3 is 14.4 Å². The quantitative estimate of drug-likeness (QED) is 0.287. The molecule has 0 atom stereocenters. The van der Waals surface area contributed by atoms with Crippen LogP contribution in [-0.2, 0) is 6.42 Å². The molecule has 0 spiro atoms. The van der Waals surface area contributed by atoms with Crippen LogP contribution < -0.4 is 9.47 Å². The van der Waals surface area contributed by atoms with E-state index in [-0.39, 0.29) is 0 Å². The molecule has 1 aliphatic rings. The van der Waals surface area contributed by atoms with E-state index in [1.807, 2.05) is 42.5 Å². The molecule has 5 rings (SSSR count). The zero-order valence-electron chi connectivity index (χ0n) is 19.7. The molecular formula is C31H31NO2. The number of methoxy groups -OCH3 is 1. The molecule has 1 saturated heterocycles. The van der Waals surface area contributed by atoms with Gasteiger partial charge in [0.2, 0.25) is 0 Å². The van der Waals surface area contributed by atoms with E-state index in [9.17, 15) is 0 Å². The Morgan fingerprint density at radius 3 is 2.29 bits per heavy atom. The monoisotopic (exact) mass is 449 g/mol. The third-order valence-electron chi connectivity index (χ3n) is 6.47. The van der Waals surface area contributed by atoms with Crippen LogP contribution in [0.15, 0.2) is 97.2 Å². The molecule has 34 heavy (non-hydrogen) atoms. The van der Waals surface area contributed by atoms with Crippen LogP contribution in [0.2, 0.25) is 0 Å². The van der Waals surface area contributed by atoms with E-state index >= 15 is 0 Å². The molecule has 1 heterocycles. The summed E-state index contributed by atoms with van der Waals surface area (Å²) in [6, 6.07) is 29.1. The standard InChI is InChI=1S/C31H31NO2/c1-33-27-18-16-24(17-19-27)30-26(12-10-22-32-20-8-3-9-21-32)23-25-11-6-7-15-29(25)31(30)34-28-13-4-2-5-14-28/h2,4-7,10-11,13-19,22-23H,3,8-9,12,20-21H2,1H3. The van der Waals surface area contributed by atoms with Crippen LogP contribution in [-0.4, -0.2) is 25.1 Å². The lowest BCUT2D eigenvalue weighted by molar-refractivity contribution is 0.309. The molecule has 0 radical (unpaired) electrons. The summed E-state index contributed by atoms with van der Waals surface area (Å²) in [7, 11) is 1.70. The third-order valence-corrected chi connectivity index (χ3v) is 6.47. The van der Waals surface area contributed by atoms with Gasteiger partial charge in [0.05, 0.1) is 7.11 Å². The number of ether oxygens (including phenoxy) is 2. The van der Waals surface area contributed by atoms with Gasteiger partial charge >= 0.3 is 0 Å². The SMILES string of the molecule is COc1ccc(-c2c(CC=CN3CCCCC3)cc3ccccc3c2Oc2ccccc2)cc1. The molecule has 0 saturated carbocycles. The van der Waals surface area contributed by atoms with E-state index in [1.165, 1.54) is 30.2 Å². The van der Waals surface area contributed by atoms with Gasteiger partial charge in [-0.3, -0.25) is 0 Å². The molecule has 0 N–H and O–H groups in total. The predicted molar refractivity (Wildman–Crippen MR) is 141 cm³/mol. The molecule has 3 heteroatoms. The molecule has 0 bridgehead atoms. The van der Waals surface area contributed by atoms with Gasteiger partial charge in [-0.25, -0.2) is 0 Å². The van der Waals surface area contributed by atoms with E-state index in [0.717, 1.165) is 53.3 Å². The van der Waals surface area contributed by atoms with E-state index < -0.39 is 0 Å². The van der Waals surface area contributed by atoms with Crippen molar-refractivity contribution in [3.63, 3.8) is 0 Å². The fourth-order valence-electron chi connectivity index (χ4n) is 4.71. The summed E-state index contributed by atoms with van der Waals surface area (Å²) in [6.45, 7) is 2.31. The third kappa shape index (κ3) is 4.94. The van der Waals surface area contributed by atoms with Crippen molar-refractivity contribution in [1.82, 2.24) is 4.90 Å². The van der Waals surface area contributed by atoms with E-state index in [0.29, 0.717) is 0 Å². The lowest BCUT2D eigenvalue weighted by atomic mass is 9.92. The Labute approximate surface area is 202 Å². The fourth-order valence-corrected chi connectivity index (χ4v) is 4.71. The molecule has 3 nitrogen and oxygen atoms in total. The maximum Gasteiger partial charge on any atom is 0.143 e. The smallest absolute Gasteiger partial charge is 0.143 e. The molecule has 4 aromatic rings. The molecule has 0 aromatic heterocycles. The number of rotatable bonds is 7. The lowest BCUT2D eigenvalue weighted by Crippen LogP contribution is -2.24. The van der Waals surface area contributed by atoms with Gasteiger partial charge in [0.1, 0.15) is 17.2 Å². The van der Waals surface area contributed by atoms with Gasteiger partial charge in [0.15, 0.2) is 0 Å². The average Bonchev–Trinajstić information content (AvgIpc) is 2.90. The number of hydrogen-bond donors (Lipinski definition) is 0. The van der Waals surface area contributed by atoms with Crippen LogP contribution in [0.5, 0.6) is 17.2 Å². The Morgan fingerprint density at radius 1 is 0.794 bits per heavy atom. The summed E-state index contributed by atoms with van der Waals surface area (Å²) in [4.78, 5) is 2.44. The van der Waals surface area contributed by atoms with Crippen molar-refractivity contribution in [3.05, 3.63) is 103 Å². The first-order valence-corrected chi connectivity index (χ1v) is 12.1. The van der Waals surface area contributed by atoms with Crippen molar-refractivity contribution >= 4 is 10.8 Å². The Hall–Kier alpha value is -3.72. The second kappa shape index (κ2) is 10.5. The molecule has 0 unspecified atom stereocenters. The Morgan fingerprint density at radius 2 is 1.53 bits per heavy atom. The van der Waals surface area contributed by atoms with Crippen LogP contribution in [0.3, 0.4) is 0 Å². The minimum atomic E-state index is 0.837. The minimum Gasteiger partial charge on any atom is -0.497 e. The molecular weight excluding hydrogens is 418 g/mol. The van der Waals surface area contributed by atoms with Crippen molar-refractivity contribution in [2.24, 2.45) is 0 Å². The summed E-state index contributed by atoms with van der Waals surface area (Å²) < 4.78 is 12.0. The highest BCUT2D eigenvalue weighted by Gasteiger charge is 2.17. The second-order valence-electron chi connectivity index (χ2n) is 8.79. The maximum atomic E-state index is 6.60. The zero-order valence-corrected chi connectivity index (χ0v) is 19.7. The summed E-state index contributed by atoms with van der Waals surface area (Å²) in [5, 5.41) is 2.30. The van der Waals surface area contributed by atoms with Crippen LogP contribution in [0, 0.1) is 0 Å². The Kier molecular flexibility index (Phi) is 6.81. The lowest BCUT2D eigenvalue weighted by Gasteiger charge is -2.25. The highest BCUT2D eigenvalue weighted by molar-refractivity contribution is 5.97. The Balaban J connectivity index is 1.63. The second-order valence-corrected chi connectivity index (χ2v) is 8.79. The number of allylic oxidation sites excluding steroid dienone is 1. The first-order chi connectivity index (χ1) is 16.8. The largest absolute Gasteiger partial charge is 0.497 e. The topological polar surface area (TPSA) is 21.7 Å². The number of fused-ring (bicyclic) bond motifs is 1. The summed E-state index contributed by atoms with van der Waals surface area (Å²) in [5.41, 5.74) is 3.51. The highest BCUT2D eigenvalue weighted by atomic mass is 16.5. The molecule has 172 valence electrons. The molecule has 0 amide bonds. The molecule has 1 fully saturated rings. The van der Waals surface area contributed by atoms with Crippen LogP contribution >= 0.6 is 0 Å². The van der Waals surface area contributed by atoms with Gasteiger partial charge in [-0.05, 0) is 78.7 Å². The number of nitrogens with zero attached hydrogens (tertiary/aromatic N) is 1. The number of hydrogen-bond acceptors (Lipinski definition) is 3. The van der Waals surface area contributed by atoms with Crippen molar-refractivity contribution in [2.45, 2.75) is 25.7 Å².